The van der Waals surface area contributed by atoms with Gasteiger partial charge in [-0.25, -0.2) is 0 Å². The molecule has 0 unspecified atom stereocenters. The van der Waals surface area contributed by atoms with Crippen LogP contribution in [-0.4, -0.2) is 18.4 Å². The summed E-state index contributed by atoms with van der Waals surface area (Å²) in [6.45, 7) is 0.248. The van der Waals surface area contributed by atoms with Crippen LogP contribution in [0.4, 0.5) is 0 Å². The maximum atomic E-state index is 11.9. The summed E-state index contributed by atoms with van der Waals surface area (Å²) in [4.78, 5) is 23.6. The maximum Gasteiger partial charge on any atom is 0.307 e. The first-order valence-corrected chi connectivity index (χ1v) is 8.23. The highest BCUT2D eigenvalue weighted by atomic mass is 35.5. The molecule has 0 bridgehead atoms. The number of carbonyl (C=O) groups is 2. The van der Waals surface area contributed by atoms with E-state index in [4.69, 9.17) is 39.5 Å². The van der Waals surface area contributed by atoms with Crippen molar-refractivity contribution in [2.75, 3.05) is 6.54 Å². The Hall–Kier alpha value is -1.75. The number of amides is 1. The predicted molar refractivity (Wildman–Crippen MR) is 94.7 cm³/mol. The van der Waals surface area contributed by atoms with Gasteiger partial charge in [-0.15, -0.1) is 0 Å². The zero-order valence-corrected chi connectivity index (χ0v) is 14.8. The fourth-order valence-corrected chi connectivity index (χ4v) is 2.43. The molecule has 0 saturated heterocycles. The molecule has 1 amide bonds. The molecule has 0 radical (unpaired) electrons. The second-order valence-corrected chi connectivity index (χ2v) is 6.12. The molecule has 0 aromatic heterocycles. The molecule has 2 aromatic rings. The lowest BCUT2D eigenvalue weighted by Crippen LogP contribution is -2.26. The summed E-state index contributed by atoms with van der Waals surface area (Å²) in [5.74, 6) is -0.765. The van der Waals surface area contributed by atoms with Crippen molar-refractivity contribution in [3.05, 3.63) is 68.7 Å². The van der Waals surface area contributed by atoms with Crippen LogP contribution in [0.5, 0.6) is 0 Å². The number of rotatable bonds is 6. The minimum absolute atomic E-state index is 0.0531. The molecule has 0 saturated carbocycles. The lowest BCUT2D eigenvalue weighted by molar-refractivity contribution is -0.144. The van der Waals surface area contributed by atoms with Crippen LogP contribution in [0, 0.1) is 0 Å². The number of halogens is 3. The number of hydrogen-bond donors (Lipinski definition) is 1. The van der Waals surface area contributed by atoms with Crippen molar-refractivity contribution in [3.8, 4) is 0 Å². The summed E-state index contributed by atoms with van der Waals surface area (Å²) >= 11 is 17.6. The van der Waals surface area contributed by atoms with E-state index < -0.39 is 5.97 Å². The molecule has 2 rings (SSSR count). The molecule has 0 fully saturated rings. The van der Waals surface area contributed by atoms with E-state index in [9.17, 15) is 9.59 Å². The number of nitrogens with one attached hydrogen (secondary N) is 1. The van der Waals surface area contributed by atoms with Gasteiger partial charge in [0.05, 0.1) is 27.1 Å². The first kappa shape index (κ1) is 18.6. The predicted octanol–water partition coefficient (Wildman–Crippen LogP) is 4.51. The highest BCUT2D eigenvalue weighted by Crippen LogP contribution is 2.22. The summed E-state index contributed by atoms with van der Waals surface area (Å²) in [5.41, 5.74) is 1.10. The Morgan fingerprint density at radius 1 is 0.958 bits per heavy atom. The summed E-state index contributed by atoms with van der Waals surface area (Å²) in [6, 6.07) is 11.7. The topological polar surface area (TPSA) is 55.4 Å². The van der Waals surface area contributed by atoms with Crippen LogP contribution in [0.25, 0.3) is 0 Å². The van der Waals surface area contributed by atoms with Crippen LogP contribution in [-0.2, 0) is 16.1 Å². The molecule has 4 nitrogen and oxygen atoms in total. The van der Waals surface area contributed by atoms with E-state index in [2.05, 4.69) is 5.32 Å². The van der Waals surface area contributed by atoms with Gasteiger partial charge >= 0.3 is 5.97 Å². The lowest BCUT2D eigenvalue weighted by atomic mass is 10.2. The van der Waals surface area contributed by atoms with Gasteiger partial charge in [0.15, 0.2) is 0 Å². The van der Waals surface area contributed by atoms with Crippen LogP contribution in [0.15, 0.2) is 42.5 Å². The average molecular weight is 387 g/mol. The summed E-state index contributed by atoms with van der Waals surface area (Å²) < 4.78 is 5.12. The third-order valence-corrected chi connectivity index (χ3v) is 4.19. The van der Waals surface area contributed by atoms with Crippen LogP contribution < -0.4 is 5.32 Å². The summed E-state index contributed by atoms with van der Waals surface area (Å²) in [7, 11) is 0. The van der Waals surface area contributed by atoms with Gasteiger partial charge in [-0.1, -0.05) is 53.0 Å². The van der Waals surface area contributed by atoms with Crippen LogP contribution in [0.2, 0.25) is 15.1 Å². The maximum absolute atomic E-state index is 11.9. The van der Waals surface area contributed by atoms with E-state index in [0.717, 1.165) is 5.56 Å². The quantitative estimate of drug-likeness (QED) is 0.743. The second kappa shape index (κ2) is 8.92. The van der Waals surface area contributed by atoms with Gasteiger partial charge < -0.3 is 10.1 Å². The molecule has 7 heteroatoms. The first-order valence-electron chi connectivity index (χ1n) is 7.09. The molecule has 0 heterocycles. The molecule has 24 heavy (non-hydrogen) atoms. The molecule has 2 aromatic carbocycles. The number of ether oxygens (including phenoxy) is 1. The molecule has 1 N–H and O–H groups in total. The molecule has 0 spiro atoms. The van der Waals surface area contributed by atoms with E-state index in [-0.39, 0.29) is 25.5 Å². The van der Waals surface area contributed by atoms with E-state index in [0.29, 0.717) is 20.6 Å². The SMILES string of the molecule is O=C(CCNC(=O)c1ccccc1Cl)OCc1ccc(Cl)c(Cl)c1. The zero-order valence-electron chi connectivity index (χ0n) is 12.5. The summed E-state index contributed by atoms with van der Waals surface area (Å²) in [6.07, 6.45) is 0.0531. The minimum Gasteiger partial charge on any atom is -0.461 e. The van der Waals surface area contributed by atoms with Crippen LogP contribution >= 0.6 is 34.8 Å². The van der Waals surface area contributed by atoms with Gasteiger partial charge in [0.25, 0.3) is 5.91 Å². The second-order valence-electron chi connectivity index (χ2n) is 4.89. The van der Waals surface area contributed by atoms with Crippen molar-refractivity contribution in [3.63, 3.8) is 0 Å². The molecule has 0 aliphatic heterocycles. The highest BCUT2D eigenvalue weighted by Gasteiger charge is 2.10. The largest absolute Gasteiger partial charge is 0.461 e. The Bertz CT molecular complexity index is 750. The minimum atomic E-state index is -0.430. The average Bonchev–Trinajstić information content (AvgIpc) is 2.56. The number of carbonyl (C=O) groups excluding carboxylic acids is 2. The molecule has 0 aliphatic carbocycles. The van der Waals surface area contributed by atoms with Gasteiger partial charge in [0.2, 0.25) is 0 Å². The van der Waals surface area contributed by atoms with Crippen molar-refractivity contribution in [1.29, 1.82) is 0 Å². The third kappa shape index (κ3) is 5.41. The Kier molecular flexibility index (Phi) is 6.91. The van der Waals surface area contributed by atoms with Crippen molar-refractivity contribution >= 4 is 46.7 Å². The molecular weight excluding hydrogens is 373 g/mol. The first-order chi connectivity index (χ1) is 11.5. The number of benzene rings is 2. The van der Waals surface area contributed by atoms with Crippen LogP contribution in [0.3, 0.4) is 0 Å². The summed E-state index contributed by atoms with van der Waals surface area (Å²) in [5, 5.41) is 3.82. The van der Waals surface area contributed by atoms with E-state index in [1.165, 1.54) is 0 Å². The fraction of sp³-hybridized carbons (Fsp3) is 0.176. The van der Waals surface area contributed by atoms with E-state index >= 15 is 0 Å². The molecule has 0 atom stereocenters. The normalized spacial score (nSPS) is 10.3. The van der Waals surface area contributed by atoms with Gasteiger partial charge in [0, 0.05) is 6.54 Å². The monoisotopic (exact) mass is 385 g/mol. The molecule has 0 aliphatic rings. The van der Waals surface area contributed by atoms with Gasteiger partial charge in [-0.2, -0.15) is 0 Å². The van der Waals surface area contributed by atoms with Gasteiger partial charge in [0.1, 0.15) is 6.61 Å². The third-order valence-electron chi connectivity index (χ3n) is 3.12. The van der Waals surface area contributed by atoms with E-state index in [1.807, 2.05) is 0 Å². The van der Waals surface area contributed by atoms with Crippen LogP contribution in [0.1, 0.15) is 22.3 Å². The van der Waals surface area contributed by atoms with Crippen molar-refractivity contribution in [2.45, 2.75) is 13.0 Å². The number of hydrogen-bond acceptors (Lipinski definition) is 3. The Balaban J connectivity index is 1.74. The molecular formula is C17H14Cl3NO3. The van der Waals surface area contributed by atoms with E-state index in [1.54, 1.807) is 42.5 Å². The Labute approximate surface area is 154 Å². The standard InChI is InChI=1S/C17H14Cl3NO3/c18-13-4-2-1-3-12(13)17(23)21-8-7-16(22)24-10-11-5-6-14(19)15(20)9-11/h1-6,9H,7-8,10H2,(H,21,23). The van der Waals surface area contributed by atoms with Crippen molar-refractivity contribution < 1.29 is 14.3 Å². The van der Waals surface area contributed by atoms with Gasteiger partial charge in [-0.3, -0.25) is 9.59 Å². The van der Waals surface area contributed by atoms with Crippen molar-refractivity contribution in [1.82, 2.24) is 5.32 Å². The van der Waals surface area contributed by atoms with Crippen molar-refractivity contribution in [2.24, 2.45) is 0 Å². The Morgan fingerprint density at radius 2 is 1.71 bits per heavy atom. The smallest absolute Gasteiger partial charge is 0.307 e. The fourth-order valence-electron chi connectivity index (χ4n) is 1.88. The zero-order chi connectivity index (χ0) is 17.5. The molecule has 126 valence electrons. The lowest BCUT2D eigenvalue weighted by Gasteiger charge is -2.08. The van der Waals surface area contributed by atoms with Gasteiger partial charge in [-0.05, 0) is 29.8 Å². The highest BCUT2D eigenvalue weighted by molar-refractivity contribution is 6.42. The number of esters is 1. The Morgan fingerprint density at radius 3 is 2.42 bits per heavy atom.